The van der Waals surface area contributed by atoms with Crippen LogP contribution in [0.15, 0.2) is 52.3 Å². The molecule has 2 aromatic rings. The van der Waals surface area contributed by atoms with Gasteiger partial charge in [-0.2, -0.15) is 0 Å². The zero-order chi connectivity index (χ0) is 14.1. The molecule has 1 heterocycles. The molecule has 2 N–H and O–H groups in total. The molecule has 1 unspecified atom stereocenters. The predicted molar refractivity (Wildman–Crippen MR) is 80.0 cm³/mol. The lowest BCUT2D eigenvalue weighted by molar-refractivity contribution is -0.114. The van der Waals surface area contributed by atoms with Crippen molar-refractivity contribution < 1.29 is 9.90 Å². The molecule has 0 radical (unpaired) electrons. The van der Waals surface area contributed by atoms with Crippen molar-refractivity contribution in [3.63, 3.8) is 0 Å². The average molecular weight is 285 g/mol. The Morgan fingerprint density at radius 1 is 1.25 bits per heavy atom. The van der Waals surface area contributed by atoms with E-state index in [-0.39, 0.29) is 5.91 Å². The van der Waals surface area contributed by atoms with Crippen LogP contribution in [0.3, 0.4) is 0 Å². The van der Waals surface area contributed by atoms with Crippen molar-refractivity contribution in [2.45, 2.75) is 29.2 Å². The quantitative estimate of drug-likeness (QED) is 0.844. The molecule has 20 heavy (non-hydrogen) atoms. The molecule has 3 nitrogen and oxygen atoms in total. The zero-order valence-corrected chi connectivity index (χ0v) is 11.9. The van der Waals surface area contributed by atoms with E-state index in [2.05, 4.69) is 11.4 Å². The standard InChI is InChI=1S/C16H15NO2S/c1-10(18)17-12-6-7-16-13(9-12)14(19)8-11-4-2-3-5-15(11)20-16/h2-7,9,14,19H,8H2,1H3,(H,17,18). The maximum absolute atomic E-state index is 11.1. The molecular formula is C16H15NO2S. The van der Waals surface area contributed by atoms with Crippen molar-refractivity contribution in [1.82, 2.24) is 0 Å². The summed E-state index contributed by atoms with van der Waals surface area (Å²) < 4.78 is 0. The first-order valence-corrected chi connectivity index (χ1v) is 7.30. The third-order valence-corrected chi connectivity index (χ3v) is 4.50. The van der Waals surface area contributed by atoms with Gasteiger partial charge < -0.3 is 10.4 Å². The van der Waals surface area contributed by atoms with Crippen LogP contribution in [0.2, 0.25) is 0 Å². The Balaban J connectivity index is 2.02. The molecule has 0 saturated heterocycles. The molecule has 1 aliphatic heterocycles. The maximum Gasteiger partial charge on any atom is 0.221 e. The van der Waals surface area contributed by atoms with Gasteiger partial charge in [-0.3, -0.25) is 4.79 Å². The molecule has 0 aliphatic carbocycles. The lowest BCUT2D eigenvalue weighted by atomic mass is 10.0. The second-order valence-corrected chi connectivity index (χ2v) is 5.95. The van der Waals surface area contributed by atoms with E-state index < -0.39 is 6.10 Å². The minimum atomic E-state index is -0.546. The second-order valence-electron chi connectivity index (χ2n) is 4.86. The molecule has 0 aromatic heterocycles. The number of anilines is 1. The number of benzene rings is 2. The van der Waals surface area contributed by atoms with Crippen LogP contribution in [-0.2, 0) is 11.2 Å². The number of carbonyl (C=O) groups is 1. The molecular weight excluding hydrogens is 270 g/mol. The molecule has 0 spiro atoms. The van der Waals surface area contributed by atoms with E-state index in [1.165, 1.54) is 11.8 Å². The van der Waals surface area contributed by atoms with Crippen molar-refractivity contribution in [2.75, 3.05) is 5.32 Å². The van der Waals surface area contributed by atoms with Gasteiger partial charge in [-0.1, -0.05) is 30.0 Å². The normalized spacial score (nSPS) is 16.8. The third kappa shape index (κ3) is 2.57. The molecule has 2 aromatic carbocycles. The molecule has 4 heteroatoms. The summed E-state index contributed by atoms with van der Waals surface area (Å²) in [4.78, 5) is 13.3. The summed E-state index contributed by atoms with van der Waals surface area (Å²) in [6.07, 6.45) is 0.0505. The molecule has 1 amide bonds. The topological polar surface area (TPSA) is 49.3 Å². The van der Waals surface area contributed by atoms with Crippen LogP contribution < -0.4 is 5.32 Å². The lowest BCUT2D eigenvalue weighted by Gasteiger charge is -2.13. The second kappa shape index (κ2) is 5.31. The Labute approximate surface area is 122 Å². The van der Waals surface area contributed by atoms with Crippen LogP contribution in [0.1, 0.15) is 24.2 Å². The van der Waals surface area contributed by atoms with Crippen molar-refractivity contribution in [1.29, 1.82) is 0 Å². The molecule has 1 atom stereocenters. The highest BCUT2D eigenvalue weighted by Gasteiger charge is 2.21. The predicted octanol–water partition coefficient (Wildman–Crippen LogP) is 3.39. The highest BCUT2D eigenvalue weighted by atomic mass is 32.2. The highest BCUT2D eigenvalue weighted by molar-refractivity contribution is 7.99. The van der Waals surface area contributed by atoms with Crippen molar-refractivity contribution >= 4 is 23.4 Å². The molecule has 102 valence electrons. The number of amides is 1. The minimum Gasteiger partial charge on any atom is -0.388 e. The van der Waals surface area contributed by atoms with Crippen LogP contribution in [0.4, 0.5) is 5.69 Å². The number of hydrogen-bond acceptors (Lipinski definition) is 3. The largest absolute Gasteiger partial charge is 0.388 e. The lowest BCUT2D eigenvalue weighted by Crippen LogP contribution is -2.07. The summed E-state index contributed by atoms with van der Waals surface area (Å²) in [5.41, 5.74) is 2.75. The first kappa shape index (κ1) is 13.2. The van der Waals surface area contributed by atoms with Gasteiger partial charge in [-0.25, -0.2) is 0 Å². The Morgan fingerprint density at radius 2 is 2.05 bits per heavy atom. The zero-order valence-electron chi connectivity index (χ0n) is 11.1. The van der Waals surface area contributed by atoms with Gasteiger partial charge in [0.05, 0.1) is 6.10 Å². The van der Waals surface area contributed by atoms with E-state index in [0.29, 0.717) is 6.42 Å². The fourth-order valence-electron chi connectivity index (χ4n) is 2.39. The Hall–Kier alpha value is -1.78. The number of carbonyl (C=O) groups excluding carboxylic acids is 1. The maximum atomic E-state index is 11.1. The van der Waals surface area contributed by atoms with Crippen LogP contribution in [-0.4, -0.2) is 11.0 Å². The summed E-state index contributed by atoms with van der Waals surface area (Å²) >= 11 is 1.66. The number of fused-ring (bicyclic) bond motifs is 2. The summed E-state index contributed by atoms with van der Waals surface area (Å²) in [5.74, 6) is -0.107. The Bertz CT molecular complexity index is 669. The van der Waals surface area contributed by atoms with Gasteiger partial charge >= 0.3 is 0 Å². The Kier molecular flexibility index (Phi) is 3.51. The average Bonchev–Trinajstić information content (AvgIpc) is 2.54. The summed E-state index contributed by atoms with van der Waals surface area (Å²) in [5, 5.41) is 13.2. The van der Waals surface area contributed by atoms with E-state index >= 15 is 0 Å². The molecule has 1 aliphatic rings. The number of aliphatic hydroxyl groups excluding tert-OH is 1. The van der Waals surface area contributed by atoms with Gasteiger partial charge in [0.15, 0.2) is 0 Å². The molecule has 3 rings (SSSR count). The fraction of sp³-hybridized carbons (Fsp3) is 0.188. The first-order chi connectivity index (χ1) is 9.63. The van der Waals surface area contributed by atoms with Crippen LogP contribution >= 0.6 is 11.8 Å². The van der Waals surface area contributed by atoms with Gasteiger partial charge in [-0.15, -0.1) is 0 Å². The third-order valence-electron chi connectivity index (χ3n) is 3.29. The van der Waals surface area contributed by atoms with E-state index in [4.69, 9.17) is 0 Å². The minimum absolute atomic E-state index is 0.107. The number of aliphatic hydroxyl groups is 1. The summed E-state index contributed by atoms with van der Waals surface area (Å²) in [6.45, 7) is 1.48. The van der Waals surface area contributed by atoms with Crippen molar-refractivity contribution in [2.24, 2.45) is 0 Å². The van der Waals surface area contributed by atoms with Crippen LogP contribution in [0.5, 0.6) is 0 Å². The van der Waals surface area contributed by atoms with Crippen molar-refractivity contribution in [3.05, 3.63) is 53.6 Å². The smallest absolute Gasteiger partial charge is 0.221 e. The van der Waals surface area contributed by atoms with E-state index in [0.717, 1.165) is 21.7 Å². The highest BCUT2D eigenvalue weighted by Crippen LogP contribution is 2.41. The van der Waals surface area contributed by atoms with Gasteiger partial charge in [0.1, 0.15) is 0 Å². The number of hydrogen-bond donors (Lipinski definition) is 2. The fourth-order valence-corrected chi connectivity index (χ4v) is 3.51. The van der Waals surface area contributed by atoms with Crippen LogP contribution in [0, 0.1) is 0 Å². The molecule has 0 bridgehead atoms. The monoisotopic (exact) mass is 285 g/mol. The van der Waals surface area contributed by atoms with Gasteiger partial charge in [0.25, 0.3) is 0 Å². The molecule has 0 fully saturated rings. The van der Waals surface area contributed by atoms with E-state index in [9.17, 15) is 9.90 Å². The van der Waals surface area contributed by atoms with Gasteiger partial charge in [-0.05, 0) is 35.4 Å². The Morgan fingerprint density at radius 3 is 2.85 bits per heavy atom. The summed E-state index contributed by atoms with van der Waals surface area (Å²) in [7, 11) is 0. The van der Waals surface area contributed by atoms with E-state index in [1.807, 2.05) is 36.4 Å². The molecule has 0 saturated carbocycles. The van der Waals surface area contributed by atoms with Crippen LogP contribution in [0.25, 0.3) is 0 Å². The number of nitrogens with one attached hydrogen (secondary N) is 1. The van der Waals surface area contributed by atoms with Gasteiger partial charge in [0.2, 0.25) is 5.91 Å². The number of rotatable bonds is 1. The summed E-state index contributed by atoms with van der Waals surface area (Å²) in [6, 6.07) is 13.8. The van der Waals surface area contributed by atoms with E-state index in [1.54, 1.807) is 11.8 Å². The van der Waals surface area contributed by atoms with Crippen molar-refractivity contribution in [3.8, 4) is 0 Å². The SMILES string of the molecule is CC(=O)Nc1ccc2c(c1)C(O)Cc1ccccc1S2. The van der Waals surface area contributed by atoms with Gasteiger partial charge in [0, 0.05) is 28.8 Å². The first-order valence-electron chi connectivity index (χ1n) is 6.49.